The van der Waals surface area contributed by atoms with Crippen molar-refractivity contribution < 1.29 is 14.4 Å². The Bertz CT molecular complexity index is 686. The van der Waals surface area contributed by atoms with Crippen molar-refractivity contribution in [1.82, 2.24) is 16.0 Å². The molecule has 3 fully saturated rings. The molecule has 9 unspecified atom stereocenters. The second kappa shape index (κ2) is 12.3. The summed E-state index contributed by atoms with van der Waals surface area (Å²) in [6.07, 6.45) is 9.49. The van der Waals surface area contributed by atoms with Crippen LogP contribution in [0.2, 0.25) is 0 Å². The molecule has 0 radical (unpaired) electrons. The molecule has 0 bridgehead atoms. The van der Waals surface area contributed by atoms with Crippen molar-refractivity contribution >= 4 is 17.7 Å². The summed E-state index contributed by atoms with van der Waals surface area (Å²) >= 11 is 0. The third-order valence-corrected chi connectivity index (χ3v) is 10.8. The van der Waals surface area contributed by atoms with E-state index in [4.69, 9.17) is 0 Å². The standard InChI is InChI=1S/C30H53N3O3/c1-8-30(27(34)31-24-15-9-12-18(2)21(24)5,28(35)32-25-16-10-13-19(3)22(25)6)29(36)33-26-17-11-14-20(4)23(26)7/h18-26H,8-17H2,1-7H3,(H,31,34)(H,32,35)(H,33,36). The van der Waals surface area contributed by atoms with Gasteiger partial charge < -0.3 is 16.0 Å². The van der Waals surface area contributed by atoms with Crippen molar-refractivity contribution in [2.75, 3.05) is 0 Å². The van der Waals surface area contributed by atoms with E-state index in [1.165, 1.54) is 0 Å². The van der Waals surface area contributed by atoms with E-state index in [0.29, 0.717) is 35.5 Å². The first-order chi connectivity index (χ1) is 17.0. The minimum atomic E-state index is -1.75. The van der Waals surface area contributed by atoms with Gasteiger partial charge in [-0.2, -0.15) is 0 Å². The van der Waals surface area contributed by atoms with E-state index < -0.39 is 23.1 Å². The van der Waals surface area contributed by atoms with E-state index in [9.17, 15) is 14.4 Å². The van der Waals surface area contributed by atoms with Crippen LogP contribution in [-0.2, 0) is 14.4 Å². The SMILES string of the molecule is CCC(C(=O)NC1CCCC(C)C1C)(C(=O)NC1CCCC(C)C1C)C(=O)NC1CCCC(C)C1C. The number of carbonyl (C=O) groups excluding carboxylic acids is 3. The highest BCUT2D eigenvalue weighted by Crippen LogP contribution is 2.35. The first-order valence-corrected chi connectivity index (χ1v) is 15.0. The first-order valence-electron chi connectivity index (χ1n) is 15.0. The van der Waals surface area contributed by atoms with Crippen molar-refractivity contribution in [3.05, 3.63) is 0 Å². The Labute approximate surface area is 219 Å². The molecule has 0 saturated heterocycles. The van der Waals surface area contributed by atoms with Gasteiger partial charge in [-0.15, -0.1) is 0 Å². The molecule has 3 rings (SSSR count). The van der Waals surface area contributed by atoms with Gasteiger partial charge in [0.1, 0.15) is 0 Å². The van der Waals surface area contributed by atoms with Crippen molar-refractivity contribution in [2.45, 2.75) is 131 Å². The van der Waals surface area contributed by atoms with Gasteiger partial charge in [-0.25, -0.2) is 0 Å². The molecule has 3 saturated carbocycles. The molecule has 36 heavy (non-hydrogen) atoms. The number of amides is 3. The Morgan fingerprint density at radius 2 is 0.833 bits per heavy atom. The van der Waals surface area contributed by atoms with Crippen LogP contribution in [0, 0.1) is 40.9 Å². The lowest BCUT2D eigenvalue weighted by Gasteiger charge is -2.41. The summed E-state index contributed by atoms with van der Waals surface area (Å²) < 4.78 is 0. The lowest BCUT2D eigenvalue weighted by molar-refractivity contribution is -0.154. The monoisotopic (exact) mass is 503 g/mol. The van der Waals surface area contributed by atoms with Gasteiger partial charge in [0.05, 0.1) is 0 Å². The fourth-order valence-electron chi connectivity index (χ4n) is 7.02. The van der Waals surface area contributed by atoms with Gasteiger partial charge >= 0.3 is 0 Å². The van der Waals surface area contributed by atoms with Crippen LogP contribution in [0.3, 0.4) is 0 Å². The third-order valence-electron chi connectivity index (χ3n) is 10.8. The van der Waals surface area contributed by atoms with Gasteiger partial charge in [-0.1, -0.05) is 87.0 Å². The highest BCUT2D eigenvalue weighted by Gasteiger charge is 2.53. The second-order valence-electron chi connectivity index (χ2n) is 12.8. The zero-order chi connectivity index (χ0) is 26.6. The quantitative estimate of drug-likeness (QED) is 0.417. The maximum atomic E-state index is 14.0. The van der Waals surface area contributed by atoms with Crippen LogP contribution in [0.15, 0.2) is 0 Å². The molecule has 3 aliphatic carbocycles. The molecule has 0 aromatic carbocycles. The minimum Gasteiger partial charge on any atom is -0.352 e. The van der Waals surface area contributed by atoms with E-state index in [1.807, 2.05) is 6.92 Å². The number of rotatable bonds is 7. The average Bonchev–Trinajstić information content (AvgIpc) is 2.83. The lowest BCUT2D eigenvalue weighted by atomic mass is 9.74. The topological polar surface area (TPSA) is 87.3 Å². The molecule has 3 N–H and O–H groups in total. The predicted octanol–water partition coefficient (Wildman–Crippen LogP) is 5.21. The summed E-state index contributed by atoms with van der Waals surface area (Å²) in [5, 5.41) is 9.62. The molecule has 3 amide bonds. The molecule has 9 atom stereocenters. The van der Waals surface area contributed by atoms with Gasteiger partial charge in [0.25, 0.3) is 0 Å². The van der Waals surface area contributed by atoms with Crippen LogP contribution in [0.1, 0.15) is 113 Å². The van der Waals surface area contributed by atoms with Crippen LogP contribution in [0.4, 0.5) is 0 Å². The van der Waals surface area contributed by atoms with E-state index in [1.54, 1.807) is 0 Å². The second-order valence-corrected chi connectivity index (χ2v) is 12.8. The maximum absolute atomic E-state index is 14.0. The highest BCUT2D eigenvalue weighted by atomic mass is 16.2. The molecule has 206 valence electrons. The van der Waals surface area contributed by atoms with Gasteiger partial charge in [-0.3, -0.25) is 14.4 Å². The number of hydrogen-bond donors (Lipinski definition) is 3. The Morgan fingerprint density at radius 1 is 0.556 bits per heavy atom. The van der Waals surface area contributed by atoms with Gasteiger partial charge in [0.2, 0.25) is 23.1 Å². The summed E-state index contributed by atoms with van der Waals surface area (Å²) in [6.45, 7) is 15.0. The molecule has 0 spiro atoms. The molecule has 0 heterocycles. The molecule has 0 aromatic rings. The van der Waals surface area contributed by atoms with E-state index in [2.05, 4.69) is 57.5 Å². The summed E-state index contributed by atoms with van der Waals surface area (Å²) in [4.78, 5) is 42.1. The smallest absolute Gasteiger partial charge is 0.245 e. The fourth-order valence-corrected chi connectivity index (χ4v) is 7.02. The first kappa shape index (κ1) is 29.0. The van der Waals surface area contributed by atoms with Crippen LogP contribution in [0.25, 0.3) is 0 Å². The highest BCUT2D eigenvalue weighted by molar-refractivity contribution is 6.22. The van der Waals surface area contributed by atoms with Crippen LogP contribution < -0.4 is 16.0 Å². The normalized spacial score (nSPS) is 38.9. The summed E-state index contributed by atoms with van der Waals surface area (Å²) in [5.74, 6) is 1.24. The largest absolute Gasteiger partial charge is 0.352 e. The van der Waals surface area contributed by atoms with Crippen molar-refractivity contribution in [1.29, 1.82) is 0 Å². The van der Waals surface area contributed by atoms with E-state index in [0.717, 1.165) is 57.8 Å². The fraction of sp³-hybridized carbons (Fsp3) is 0.900. The van der Waals surface area contributed by atoms with Crippen molar-refractivity contribution in [2.24, 2.45) is 40.9 Å². The lowest BCUT2D eigenvalue weighted by Crippen LogP contribution is -2.64. The Hall–Kier alpha value is -1.59. The summed E-state index contributed by atoms with van der Waals surface area (Å²) in [5.41, 5.74) is -1.75. The molecule has 0 aromatic heterocycles. The average molecular weight is 504 g/mol. The van der Waals surface area contributed by atoms with Gasteiger partial charge in [0.15, 0.2) is 0 Å². The molecular weight excluding hydrogens is 450 g/mol. The number of carbonyl (C=O) groups is 3. The Kier molecular flexibility index (Phi) is 9.90. The number of hydrogen-bond acceptors (Lipinski definition) is 3. The van der Waals surface area contributed by atoms with Crippen LogP contribution >= 0.6 is 0 Å². The van der Waals surface area contributed by atoms with Crippen molar-refractivity contribution in [3.8, 4) is 0 Å². The van der Waals surface area contributed by atoms with E-state index in [-0.39, 0.29) is 24.5 Å². The zero-order valence-electron chi connectivity index (χ0n) is 24.0. The van der Waals surface area contributed by atoms with Crippen molar-refractivity contribution in [3.63, 3.8) is 0 Å². The predicted molar refractivity (Wildman–Crippen MR) is 145 cm³/mol. The van der Waals surface area contributed by atoms with Gasteiger partial charge in [-0.05, 0) is 61.2 Å². The molecule has 6 heteroatoms. The minimum absolute atomic E-state index is 0.00460. The summed E-state index contributed by atoms with van der Waals surface area (Å²) in [7, 11) is 0. The molecule has 0 aliphatic heterocycles. The maximum Gasteiger partial charge on any atom is 0.245 e. The molecule has 3 aliphatic rings. The van der Waals surface area contributed by atoms with Crippen LogP contribution in [-0.4, -0.2) is 35.8 Å². The zero-order valence-corrected chi connectivity index (χ0v) is 24.0. The van der Waals surface area contributed by atoms with Crippen LogP contribution in [0.5, 0.6) is 0 Å². The summed E-state index contributed by atoms with van der Waals surface area (Å²) in [6, 6.07) is -0.0138. The Morgan fingerprint density at radius 3 is 1.08 bits per heavy atom. The van der Waals surface area contributed by atoms with E-state index >= 15 is 0 Å². The number of nitrogens with one attached hydrogen (secondary N) is 3. The molecule has 6 nitrogen and oxygen atoms in total. The van der Waals surface area contributed by atoms with Gasteiger partial charge in [0, 0.05) is 18.1 Å². The Balaban J connectivity index is 1.87. The molecular formula is C30H53N3O3. The third kappa shape index (κ3) is 5.93.